The number of anilines is 1. The number of aliphatic hydroxyl groups is 1. The number of rotatable bonds is 9. The molecular formula is C24H26ClN3O6S2. The Balaban J connectivity index is 2.00. The number of ether oxygens (including phenoxy) is 2. The highest BCUT2D eigenvalue weighted by Gasteiger charge is 2.42. The van der Waals surface area contributed by atoms with Gasteiger partial charge >= 0.3 is 0 Å². The van der Waals surface area contributed by atoms with Crippen molar-refractivity contribution in [3.05, 3.63) is 68.8 Å². The van der Waals surface area contributed by atoms with E-state index < -0.39 is 22.5 Å². The fourth-order valence-corrected chi connectivity index (χ4v) is 7.40. The first kappa shape index (κ1) is 26.5. The Morgan fingerprint density at radius 1 is 1.25 bits per heavy atom. The third-order valence-electron chi connectivity index (χ3n) is 5.61. The number of sulfonamides is 1. The molecule has 0 aliphatic heterocycles. The summed E-state index contributed by atoms with van der Waals surface area (Å²) < 4.78 is 46.0. The summed E-state index contributed by atoms with van der Waals surface area (Å²) in [5.41, 5.74) is 2.73. The van der Waals surface area contributed by atoms with Gasteiger partial charge in [0.25, 0.3) is 22.3 Å². The lowest BCUT2D eigenvalue weighted by atomic mass is 10.00. The van der Waals surface area contributed by atoms with Crippen LogP contribution in [0.15, 0.2) is 45.9 Å². The average Bonchev–Trinajstić information content (AvgIpc) is 3.39. The van der Waals surface area contributed by atoms with Crippen molar-refractivity contribution in [3.8, 4) is 0 Å². The van der Waals surface area contributed by atoms with Crippen LogP contribution in [0.25, 0.3) is 10.2 Å². The molecule has 3 heterocycles. The zero-order valence-corrected chi connectivity index (χ0v) is 22.7. The summed E-state index contributed by atoms with van der Waals surface area (Å²) in [6.07, 6.45) is -1.09. The Kier molecular flexibility index (Phi) is 7.69. The summed E-state index contributed by atoms with van der Waals surface area (Å²) in [5, 5.41) is 15.6. The van der Waals surface area contributed by atoms with Crippen LogP contribution in [0.3, 0.4) is 0 Å². The van der Waals surface area contributed by atoms with E-state index in [1.807, 2.05) is 26.0 Å². The minimum absolute atomic E-state index is 0.00512. The molecule has 3 aromatic heterocycles. The molecule has 4 aromatic rings. The maximum Gasteiger partial charge on any atom is 0.272 e. The molecule has 1 N–H and O–H groups in total. The number of hydrogen-bond donors (Lipinski definition) is 1. The molecule has 0 aliphatic rings. The minimum atomic E-state index is -4.51. The van der Waals surface area contributed by atoms with Gasteiger partial charge < -0.3 is 19.1 Å². The predicted molar refractivity (Wildman–Crippen MR) is 138 cm³/mol. The highest BCUT2D eigenvalue weighted by atomic mass is 35.5. The van der Waals surface area contributed by atoms with Gasteiger partial charge in [-0.15, -0.1) is 11.3 Å². The number of aryl methyl sites for hydroxylation is 3. The van der Waals surface area contributed by atoms with Gasteiger partial charge in [0.1, 0.15) is 26.5 Å². The van der Waals surface area contributed by atoms with Crippen LogP contribution in [0, 0.1) is 20.8 Å². The van der Waals surface area contributed by atoms with Crippen LogP contribution in [0.4, 0.5) is 5.88 Å². The largest absolute Gasteiger partial charge is 0.383 e. The summed E-state index contributed by atoms with van der Waals surface area (Å²) in [5.74, 6) is -0.260. The number of fused-ring (bicyclic) bond motifs is 1. The van der Waals surface area contributed by atoms with Crippen molar-refractivity contribution in [2.75, 3.05) is 18.0 Å². The molecule has 2 unspecified atom stereocenters. The lowest BCUT2D eigenvalue weighted by molar-refractivity contribution is -0.112. The number of hydrogen-bond acceptors (Lipinski definition) is 9. The number of thiophene rings is 1. The number of benzene rings is 1. The van der Waals surface area contributed by atoms with Gasteiger partial charge in [0.2, 0.25) is 0 Å². The van der Waals surface area contributed by atoms with Crippen LogP contribution in [0.2, 0.25) is 5.02 Å². The van der Waals surface area contributed by atoms with E-state index in [1.54, 1.807) is 38.2 Å². The van der Waals surface area contributed by atoms with Gasteiger partial charge in [-0.05, 0) is 51.0 Å². The second-order valence-corrected chi connectivity index (χ2v) is 11.3. The molecule has 36 heavy (non-hydrogen) atoms. The smallest absolute Gasteiger partial charge is 0.272 e. The molecule has 0 bridgehead atoms. The summed E-state index contributed by atoms with van der Waals surface area (Å²) in [7, 11) is -3.20. The molecule has 12 heteroatoms. The Morgan fingerprint density at radius 3 is 2.61 bits per heavy atom. The molecule has 9 nitrogen and oxygen atoms in total. The monoisotopic (exact) mass is 551 g/mol. The van der Waals surface area contributed by atoms with Crippen LogP contribution in [-0.4, -0.2) is 43.8 Å². The van der Waals surface area contributed by atoms with Gasteiger partial charge in [-0.1, -0.05) is 40.5 Å². The van der Waals surface area contributed by atoms with Crippen molar-refractivity contribution in [2.45, 2.75) is 45.1 Å². The first-order valence-corrected chi connectivity index (χ1v) is 13.7. The van der Waals surface area contributed by atoms with E-state index in [9.17, 15) is 13.5 Å². The Hall–Kier alpha value is -2.54. The third-order valence-corrected chi connectivity index (χ3v) is 9.15. The van der Waals surface area contributed by atoms with Crippen LogP contribution in [0.5, 0.6) is 0 Å². The van der Waals surface area contributed by atoms with Crippen molar-refractivity contribution in [1.82, 2.24) is 10.1 Å². The highest BCUT2D eigenvalue weighted by Crippen LogP contribution is 2.44. The molecule has 0 fully saturated rings. The molecule has 2 atom stereocenters. The Labute approximate surface area is 218 Å². The molecule has 0 spiro atoms. The second kappa shape index (κ2) is 10.4. The Morgan fingerprint density at radius 2 is 2.00 bits per heavy atom. The van der Waals surface area contributed by atoms with Crippen LogP contribution < -0.4 is 4.31 Å². The zero-order valence-electron chi connectivity index (χ0n) is 20.4. The van der Waals surface area contributed by atoms with Crippen molar-refractivity contribution < 1.29 is 27.5 Å². The van der Waals surface area contributed by atoms with Crippen molar-refractivity contribution in [3.63, 3.8) is 0 Å². The van der Waals surface area contributed by atoms with Gasteiger partial charge in [-0.3, -0.25) is 0 Å². The lowest BCUT2D eigenvalue weighted by Gasteiger charge is -2.29. The van der Waals surface area contributed by atoms with E-state index >= 15 is 0 Å². The maximum atomic E-state index is 14.4. The first-order valence-electron chi connectivity index (χ1n) is 11.0. The van der Waals surface area contributed by atoms with E-state index in [-0.39, 0.29) is 27.3 Å². The van der Waals surface area contributed by atoms with E-state index in [4.69, 9.17) is 25.6 Å². The van der Waals surface area contributed by atoms with Crippen LogP contribution in [-0.2, 0) is 19.5 Å². The quantitative estimate of drug-likeness (QED) is 0.285. The van der Waals surface area contributed by atoms with E-state index in [0.29, 0.717) is 21.5 Å². The van der Waals surface area contributed by atoms with Crippen molar-refractivity contribution >= 4 is 49.1 Å². The third kappa shape index (κ3) is 4.62. The Bertz CT molecular complexity index is 1500. The predicted octanol–water partition coefficient (Wildman–Crippen LogP) is 5.11. The minimum Gasteiger partial charge on any atom is -0.383 e. The highest BCUT2D eigenvalue weighted by molar-refractivity contribution is 7.93. The van der Waals surface area contributed by atoms with Gasteiger partial charge in [0.15, 0.2) is 0 Å². The van der Waals surface area contributed by atoms with Gasteiger partial charge in [0.05, 0.1) is 4.88 Å². The summed E-state index contributed by atoms with van der Waals surface area (Å²) in [6, 6.07) is 8.85. The summed E-state index contributed by atoms with van der Waals surface area (Å²) in [6.45, 7) is 7.23. The molecule has 1 aromatic carbocycles. The number of methoxy groups -OCH3 is 1. The van der Waals surface area contributed by atoms with Crippen molar-refractivity contribution in [2.24, 2.45) is 0 Å². The van der Waals surface area contributed by atoms with Crippen LogP contribution in [0.1, 0.15) is 40.3 Å². The number of pyridine rings is 1. The van der Waals surface area contributed by atoms with Crippen molar-refractivity contribution in [1.29, 1.82) is 0 Å². The SMILES string of the molecule is CCOC(OC)N(c1onc(C)c1Cl)S(=O)(=O)c1c(C(O)c2ccc(C)cc2C)sc2ncccc12. The molecule has 0 saturated heterocycles. The summed E-state index contributed by atoms with van der Waals surface area (Å²) >= 11 is 7.49. The second-order valence-electron chi connectivity index (χ2n) is 8.10. The zero-order chi connectivity index (χ0) is 26.2. The molecule has 4 rings (SSSR count). The van der Waals surface area contributed by atoms with Gasteiger partial charge in [-0.25, -0.2) is 13.4 Å². The number of halogens is 1. The molecule has 0 radical (unpaired) electrons. The fourth-order valence-electron chi connectivity index (χ4n) is 3.92. The number of aliphatic hydroxyl groups excluding tert-OH is 1. The lowest BCUT2D eigenvalue weighted by Crippen LogP contribution is -2.43. The molecular weight excluding hydrogens is 526 g/mol. The molecule has 0 saturated carbocycles. The van der Waals surface area contributed by atoms with Gasteiger partial charge in [-0.2, -0.15) is 4.31 Å². The molecule has 0 aliphatic carbocycles. The van der Waals surface area contributed by atoms with E-state index in [0.717, 1.165) is 26.8 Å². The van der Waals surface area contributed by atoms with E-state index in [2.05, 4.69) is 10.1 Å². The topological polar surface area (TPSA) is 115 Å². The number of nitrogens with zero attached hydrogens (tertiary/aromatic N) is 3. The normalized spacial score (nSPS) is 13.8. The average molecular weight is 552 g/mol. The number of aromatic nitrogens is 2. The summed E-state index contributed by atoms with van der Waals surface area (Å²) in [4.78, 5) is 4.84. The maximum absolute atomic E-state index is 14.4. The van der Waals surface area contributed by atoms with E-state index in [1.165, 1.54) is 7.11 Å². The standard InChI is InChI=1S/C24H26ClN3O6S2/c1-6-33-24(32-5)28(23-18(25)15(4)27-34-23)36(30,31)21-17-8-7-11-26-22(17)35-20(21)19(29)16-10-9-13(2)12-14(16)3/h7-12,19,24,29H,6H2,1-5H3. The first-order chi connectivity index (χ1) is 17.1. The fraction of sp³-hybridized carbons (Fsp3) is 0.333. The molecule has 192 valence electrons. The van der Waals surface area contributed by atoms with Crippen LogP contribution >= 0.6 is 22.9 Å². The molecule has 0 amide bonds. The van der Waals surface area contributed by atoms with Gasteiger partial charge in [0, 0.05) is 25.3 Å².